The second-order valence-electron chi connectivity index (χ2n) is 7.08. The van der Waals surface area contributed by atoms with Gasteiger partial charge in [-0.3, -0.25) is 9.59 Å². The number of carbonyl (C=O) groups excluding carboxylic acids is 2. The van der Waals surface area contributed by atoms with Crippen LogP contribution in [0.15, 0.2) is 54.2 Å². The molecule has 2 aromatic rings. The van der Waals surface area contributed by atoms with Crippen molar-refractivity contribution in [1.29, 1.82) is 0 Å². The van der Waals surface area contributed by atoms with Crippen molar-refractivity contribution in [3.63, 3.8) is 0 Å². The third-order valence-corrected chi connectivity index (χ3v) is 5.05. The number of carbonyl (C=O) groups is 2. The molecule has 1 heterocycles. The number of nitrogens with zero attached hydrogens (tertiary/aromatic N) is 2. The van der Waals surface area contributed by atoms with Crippen molar-refractivity contribution in [3.8, 4) is 5.75 Å². The summed E-state index contributed by atoms with van der Waals surface area (Å²) in [5.74, 6) is -0.728. The van der Waals surface area contributed by atoms with Gasteiger partial charge < -0.3 is 19.1 Å². The predicted octanol–water partition coefficient (Wildman–Crippen LogP) is 3.10. The zero-order chi connectivity index (χ0) is 23.1. The van der Waals surface area contributed by atoms with Gasteiger partial charge in [-0.05, 0) is 48.9 Å². The maximum atomic E-state index is 13.5. The lowest BCUT2D eigenvalue weighted by atomic mass is 10.0. The smallest absolute Gasteiger partial charge is 0.282 e. The van der Waals surface area contributed by atoms with Gasteiger partial charge in [0.25, 0.3) is 11.8 Å². The Balaban J connectivity index is 2.09. The predicted molar refractivity (Wildman–Crippen MR) is 119 cm³/mol. The number of rotatable bonds is 11. The van der Waals surface area contributed by atoms with Gasteiger partial charge in [0, 0.05) is 27.3 Å². The minimum atomic E-state index is -0.474. The van der Waals surface area contributed by atoms with Crippen molar-refractivity contribution >= 4 is 23.1 Å². The number of ether oxygens (including phenoxy) is 3. The average molecular weight is 442 g/mol. The molecule has 32 heavy (non-hydrogen) atoms. The van der Waals surface area contributed by atoms with Crippen molar-refractivity contribution in [1.82, 2.24) is 4.90 Å². The number of benzene rings is 2. The van der Waals surface area contributed by atoms with Crippen LogP contribution in [0.2, 0.25) is 0 Å². The minimum Gasteiger partial charge on any atom is -0.494 e. The Kier molecular flexibility index (Phi) is 7.97. The lowest BCUT2D eigenvalue weighted by Gasteiger charge is -2.25. The molecule has 2 amide bonds. The van der Waals surface area contributed by atoms with E-state index in [9.17, 15) is 14.0 Å². The van der Waals surface area contributed by atoms with Gasteiger partial charge in [-0.15, -0.1) is 0 Å². The van der Waals surface area contributed by atoms with Crippen molar-refractivity contribution in [2.45, 2.75) is 6.92 Å². The van der Waals surface area contributed by atoms with E-state index in [1.165, 1.54) is 24.3 Å². The van der Waals surface area contributed by atoms with Gasteiger partial charge >= 0.3 is 0 Å². The van der Waals surface area contributed by atoms with Crippen LogP contribution in [-0.4, -0.2) is 63.8 Å². The van der Waals surface area contributed by atoms with Crippen molar-refractivity contribution in [2.75, 3.05) is 52.0 Å². The molecule has 0 aliphatic carbocycles. The second kappa shape index (κ2) is 10.9. The number of imide groups is 1. The average Bonchev–Trinajstić information content (AvgIpc) is 3.05. The highest BCUT2D eigenvalue weighted by Crippen LogP contribution is 2.35. The van der Waals surface area contributed by atoms with Gasteiger partial charge in [0.15, 0.2) is 0 Å². The Morgan fingerprint density at radius 3 is 2.00 bits per heavy atom. The molecule has 2 aromatic carbocycles. The number of halogens is 1. The molecule has 0 atom stereocenters. The molecule has 1 aliphatic heterocycles. The van der Waals surface area contributed by atoms with Crippen LogP contribution in [0.1, 0.15) is 12.5 Å². The van der Waals surface area contributed by atoms with Crippen LogP contribution in [0.5, 0.6) is 5.75 Å². The Morgan fingerprint density at radius 2 is 1.47 bits per heavy atom. The molecule has 0 radical (unpaired) electrons. The molecular formula is C24H27FN2O5. The molecule has 0 saturated heterocycles. The summed E-state index contributed by atoms with van der Waals surface area (Å²) >= 11 is 0. The van der Waals surface area contributed by atoms with Crippen molar-refractivity contribution < 1.29 is 28.2 Å². The molecule has 1 aliphatic rings. The fourth-order valence-electron chi connectivity index (χ4n) is 3.52. The van der Waals surface area contributed by atoms with Crippen LogP contribution < -0.4 is 9.64 Å². The van der Waals surface area contributed by atoms with Gasteiger partial charge in [-0.1, -0.05) is 12.1 Å². The fraction of sp³-hybridized carbons (Fsp3) is 0.333. The normalized spacial score (nSPS) is 13.8. The van der Waals surface area contributed by atoms with Crippen LogP contribution >= 0.6 is 0 Å². The number of methoxy groups -OCH3 is 2. The highest BCUT2D eigenvalue weighted by Gasteiger charge is 2.42. The van der Waals surface area contributed by atoms with E-state index in [4.69, 9.17) is 14.2 Å². The molecule has 0 aromatic heterocycles. The van der Waals surface area contributed by atoms with E-state index in [1.807, 2.05) is 6.92 Å². The molecule has 0 N–H and O–H groups in total. The van der Waals surface area contributed by atoms with E-state index in [2.05, 4.69) is 0 Å². The molecule has 170 valence electrons. The van der Waals surface area contributed by atoms with Crippen molar-refractivity contribution in [3.05, 3.63) is 65.6 Å². The Labute approximate surface area is 187 Å². The lowest BCUT2D eigenvalue weighted by molar-refractivity contribution is -0.120. The van der Waals surface area contributed by atoms with Gasteiger partial charge in [-0.25, -0.2) is 9.29 Å². The SMILES string of the molecule is CCOc1ccc(C2=C(N(CCOC)CCOC)C(=O)N(c3ccc(F)cc3)C2=O)cc1. The minimum absolute atomic E-state index is 0.262. The fourth-order valence-corrected chi connectivity index (χ4v) is 3.52. The zero-order valence-corrected chi connectivity index (χ0v) is 18.5. The quantitative estimate of drug-likeness (QED) is 0.498. The summed E-state index contributed by atoms with van der Waals surface area (Å²) in [7, 11) is 3.14. The Morgan fingerprint density at radius 1 is 0.875 bits per heavy atom. The first-order valence-corrected chi connectivity index (χ1v) is 10.4. The Hall–Kier alpha value is -3.23. The summed E-state index contributed by atoms with van der Waals surface area (Å²) in [6, 6.07) is 12.3. The number of anilines is 1. The highest BCUT2D eigenvalue weighted by molar-refractivity contribution is 6.45. The monoisotopic (exact) mass is 442 g/mol. The molecule has 0 unspecified atom stereocenters. The third-order valence-electron chi connectivity index (χ3n) is 5.05. The van der Waals surface area contributed by atoms with E-state index in [-0.39, 0.29) is 11.3 Å². The second-order valence-corrected chi connectivity index (χ2v) is 7.08. The van der Waals surface area contributed by atoms with E-state index >= 15 is 0 Å². The molecule has 7 nitrogen and oxygen atoms in total. The number of amides is 2. The van der Waals surface area contributed by atoms with Gasteiger partial charge in [0.1, 0.15) is 17.3 Å². The van der Waals surface area contributed by atoms with E-state index in [1.54, 1.807) is 43.4 Å². The summed E-state index contributed by atoms with van der Waals surface area (Å²) < 4.78 is 29.4. The lowest BCUT2D eigenvalue weighted by Crippen LogP contribution is -2.37. The maximum Gasteiger partial charge on any atom is 0.282 e. The van der Waals surface area contributed by atoms with Gasteiger partial charge in [-0.2, -0.15) is 0 Å². The summed E-state index contributed by atoms with van der Waals surface area (Å²) in [4.78, 5) is 29.9. The topological polar surface area (TPSA) is 68.3 Å². The van der Waals surface area contributed by atoms with Crippen LogP contribution in [0.25, 0.3) is 5.57 Å². The molecule has 0 fully saturated rings. The molecule has 0 bridgehead atoms. The summed E-state index contributed by atoms with van der Waals surface area (Å²) in [6.07, 6.45) is 0. The first kappa shape index (κ1) is 23.4. The maximum absolute atomic E-state index is 13.5. The molecule has 8 heteroatoms. The molecule has 0 spiro atoms. The first-order chi connectivity index (χ1) is 15.5. The summed E-state index contributed by atoms with van der Waals surface area (Å²) in [6.45, 7) is 3.92. The number of hydrogen-bond donors (Lipinski definition) is 0. The van der Waals surface area contributed by atoms with E-state index in [0.717, 1.165) is 4.90 Å². The van der Waals surface area contributed by atoms with Crippen molar-refractivity contribution in [2.24, 2.45) is 0 Å². The van der Waals surface area contributed by atoms with E-state index in [0.29, 0.717) is 49.9 Å². The summed E-state index contributed by atoms with van der Waals surface area (Å²) in [5.41, 5.74) is 1.43. The van der Waals surface area contributed by atoms with E-state index < -0.39 is 17.6 Å². The van der Waals surface area contributed by atoms with Crippen LogP contribution in [0.4, 0.5) is 10.1 Å². The number of hydrogen-bond acceptors (Lipinski definition) is 6. The summed E-state index contributed by atoms with van der Waals surface area (Å²) in [5, 5.41) is 0. The Bertz CT molecular complexity index is 965. The van der Waals surface area contributed by atoms with Crippen LogP contribution in [-0.2, 0) is 19.1 Å². The highest BCUT2D eigenvalue weighted by atomic mass is 19.1. The molecular weight excluding hydrogens is 415 g/mol. The largest absolute Gasteiger partial charge is 0.494 e. The van der Waals surface area contributed by atoms with Gasteiger partial charge in [0.2, 0.25) is 0 Å². The molecule has 3 rings (SSSR count). The van der Waals surface area contributed by atoms with Crippen LogP contribution in [0, 0.1) is 5.82 Å². The zero-order valence-electron chi connectivity index (χ0n) is 18.5. The van der Waals surface area contributed by atoms with Gasteiger partial charge in [0.05, 0.1) is 31.1 Å². The first-order valence-electron chi connectivity index (χ1n) is 10.4. The van der Waals surface area contributed by atoms with Crippen LogP contribution in [0.3, 0.4) is 0 Å². The third kappa shape index (κ3) is 4.98. The standard InChI is InChI=1S/C24H27FN2O5/c1-4-32-20-11-5-17(6-12-20)21-22(26(13-15-30-2)14-16-31-3)24(29)27(23(21)28)19-9-7-18(25)8-10-19/h5-12H,4,13-16H2,1-3H3. The molecule has 0 saturated carbocycles.